The van der Waals surface area contributed by atoms with Crippen molar-refractivity contribution < 1.29 is 33.2 Å². The van der Waals surface area contributed by atoms with Crippen LogP contribution in [0.25, 0.3) is 0 Å². The Morgan fingerprint density at radius 1 is 0.480 bits per heavy atom. The van der Waals surface area contributed by atoms with Crippen molar-refractivity contribution in [2.24, 2.45) is 0 Å². The molecule has 0 saturated heterocycles. The van der Waals surface area contributed by atoms with Crippen molar-refractivity contribution in [2.75, 3.05) is 78.4 Å². The Morgan fingerprint density at radius 2 is 0.840 bits per heavy atom. The normalized spacial score (nSPS) is 11.5. The fourth-order valence-corrected chi connectivity index (χ4v) is 7.34. The number of unbranched alkanes of at least 4 members (excludes halogenated alkanes) is 8. The van der Waals surface area contributed by atoms with Gasteiger partial charge in [0, 0.05) is 6.61 Å². The lowest BCUT2D eigenvalue weighted by Gasteiger charge is -2.35. The van der Waals surface area contributed by atoms with Gasteiger partial charge in [-0.3, -0.25) is 0 Å². The third-order valence-corrected chi connectivity index (χ3v) is 9.94. The summed E-state index contributed by atoms with van der Waals surface area (Å²) in [5.74, 6) is 0.775. The van der Waals surface area contributed by atoms with Crippen molar-refractivity contribution in [1.82, 2.24) is 0 Å². The Labute approximate surface area is 305 Å². The van der Waals surface area contributed by atoms with Crippen molar-refractivity contribution in [3.8, 4) is 0 Å². The van der Waals surface area contributed by atoms with Crippen LogP contribution >= 0.6 is 11.8 Å². The van der Waals surface area contributed by atoms with Crippen LogP contribution in [-0.2, 0) is 38.0 Å². The zero-order valence-electron chi connectivity index (χ0n) is 30.3. The minimum atomic E-state index is -0.356. The summed E-state index contributed by atoms with van der Waals surface area (Å²) >= 11 is 2.08. The Balaban J connectivity index is 1.12. The molecule has 0 aliphatic heterocycles. The standard InChI is InChI=1S/C42H60O7S/c1-2-49-41(43)37-48-35-34-47-33-32-46-31-30-45-29-28-44-27-19-8-6-4-3-5-7-9-20-36-50-42(38-21-13-10-14-22-38,39-23-15-11-16-24-39)40-25-17-12-18-26-40/h10-18,21-26H,2-9,19-20,27-37H2,1H3. The minimum absolute atomic E-state index is 0.0422. The van der Waals surface area contributed by atoms with Gasteiger partial charge in [0.1, 0.15) is 6.61 Å². The molecule has 0 radical (unpaired) electrons. The lowest BCUT2D eigenvalue weighted by atomic mass is 9.84. The van der Waals surface area contributed by atoms with Crippen LogP contribution in [0, 0.1) is 0 Å². The molecule has 3 rings (SSSR count). The van der Waals surface area contributed by atoms with E-state index in [1.165, 1.54) is 68.1 Å². The molecule has 0 unspecified atom stereocenters. The average Bonchev–Trinajstić information content (AvgIpc) is 3.16. The number of carbonyl (C=O) groups excluding carboxylic acids is 1. The van der Waals surface area contributed by atoms with E-state index in [-0.39, 0.29) is 17.3 Å². The lowest BCUT2D eigenvalue weighted by Crippen LogP contribution is -2.26. The summed E-state index contributed by atoms with van der Waals surface area (Å²) in [6.07, 6.45) is 11.4. The summed E-state index contributed by atoms with van der Waals surface area (Å²) in [6, 6.07) is 33.0. The van der Waals surface area contributed by atoms with Crippen LogP contribution in [0.2, 0.25) is 0 Å². The Kier molecular flexibility index (Phi) is 23.3. The maximum atomic E-state index is 11.1. The first-order valence-electron chi connectivity index (χ1n) is 18.6. The van der Waals surface area contributed by atoms with Crippen LogP contribution in [0.1, 0.15) is 81.4 Å². The molecule has 0 aromatic heterocycles. The number of hydrogen-bond donors (Lipinski definition) is 0. The predicted octanol–water partition coefficient (Wildman–Crippen LogP) is 8.87. The molecule has 7 nitrogen and oxygen atoms in total. The molecule has 0 aliphatic carbocycles. The van der Waals surface area contributed by atoms with Gasteiger partial charge in [0.25, 0.3) is 0 Å². The molecule has 8 heteroatoms. The van der Waals surface area contributed by atoms with Gasteiger partial charge in [-0.15, -0.1) is 11.8 Å². The van der Waals surface area contributed by atoms with Crippen LogP contribution in [0.3, 0.4) is 0 Å². The molecule has 0 aliphatic rings. The monoisotopic (exact) mass is 708 g/mol. The lowest BCUT2D eigenvalue weighted by molar-refractivity contribution is -0.149. The Morgan fingerprint density at radius 3 is 1.26 bits per heavy atom. The quantitative estimate of drug-likeness (QED) is 0.0373. The van der Waals surface area contributed by atoms with Gasteiger partial charge in [-0.2, -0.15) is 0 Å². The second-order valence-electron chi connectivity index (χ2n) is 12.1. The van der Waals surface area contributed by atoms with Crippen molar-refractivity contribution in [3.63, 3.8) is 0 Å². The SMILES string of the molecule is CCOC(=O)COCCOCCOCCOCCOCCCCCCCCCCCSC(c1ccccc1)(c1ccccc1)c1ccccc1. The Bertz CT molecular complexity index is 1120. The van der Waals surface area contributed by atoms with E-state index >= 15 is 0 Å². The molecule has 0 N–H and O–H groups in total. The second-order valence-corrected chi connectivity index (χ2v) is 13.4. The highest BCUT2D eigenvalue weighted by molar-refractivity contribution is 8.00. The summed E-state index contributed by atoms with van der Waals surface area (Å²) in [7, 11) is 0. The molecule has 0 heterocycles. The van der Waals surface area contributed by atoms with Gasteiger partial charge in [-0.25, -0.2) is 4.79 Å². The van der Waals surface area contributed by atoms with E-state index in [0.717, 1.165) is 18.8 Å². The molecule has 3 aromatic carbocycles. The van der Waals surface area contributed by atoms with Gasteiger partial charge in [-0.1, -0.05) is 136 Å². The smallest absolute Gasteiger partial charge is 0.332 e. The molecule has 276 valence electrons. The topological polar surface area (TPSA) is 72.5 Å². The van der Waals surface area contributed by atoms with E-state index in [0.29, 0.717) is 59.5 Å². The van der Waals surface area contributed by atoms with E-state index in [2.05, 4.69) is 103 Å². The maximum Gasteiger partial charge on any atom is 0.332 e. The highest BCUT2D eigenvalue weighted by Crippen LogP contribution is 2.48. The highest BCUT2D eigenvalue weighted by atomic mass is 32.2. The van der Waals surface area contributed by atoms with Crippen LogP contribution in [0.15, 0.2) is 91.0 Å². The largest absolute Gasteiger partial charge is 0.464 e. The van der Waals surface area contributed by atoms with Crippen molar-refractivity contribution in [3.05, 3.63) is 108 Å². The summed E-state index contributed by atoms with van der Waals surface area (Å²) < 4.78 is 31.9. The summed E-state index contributed by atoms with van der Waals surface area (Å²) in [5, 5.41) is 0. The van der Waals surface area contributed by atoms with Gasteiger partial charge < -0.3 is 28.4 Å². The third-order valence-electron chi connectivity index (χ3n) is 8.31. The molecular weight excluding hydrogens is 649 g/mol. The third kappa shape index (κ3) is 17.0. The fraction of sp³-hybridized carbons (Fsp3) is 0.548. The molecule has 3 aromatic rings. The van der Waals surface area contributed by atoms with Crippen molar-refractivity contribution in [2.45, 2.75) is 69.5 Å². The van der Waals surface area contributed by atoms with Gasteiger partial charge >= 0.3 is 5.97 Å². The number of esters is 1. The number of benzene rings is 3. The van der Waals surface area contributed by atoms with Gasteiger partial charge in [-0.05, 0) is 42.2 Å². The molecule has 50 heavy (non-hydrogen) atoms. The van der Waals surface area contributed by atoms with Gasteiger partial charge in [0.05, 0.1) is 64.2 Å². The van der Waals surface area contributed by atoms with Crippen LogP contribution in [-0.4, -0.2) is 84.4 Å². The van der Waals surface area contributed by atoms with E-state index in [1.54, 1.807) is 6.92 Å². The average molecular weight is 709 g/mol. The molecular formula is C42H60O7S. The first-order valence-corrected chi connectivity index (χ1v) is 19.6. The first-order chi connectivity index (χ1) is 24.8. The summed E-state index contributed by atoms with van der Waals surface area (Å²) in [5.41, 5.74) is 4.03. The number of carbonyl (C=O) groups is 1. The van der Waals surface area contributed by atoms with Crippen LogP contribution in [0.4, 0.5) is 0 Å². The summed E-state index contributed by atoms with van der Waals surface area (Å²) in [4.78, 5) is 11.1. The second kappa shape index (κ2) is 27.9. The van der Waals surface area contributed by atoms with Crippen LogP contribution < -0.4 is 0 Å². The molecule has 0 bridgehead atoms. The number of ether oxygens (including phenoxy) is 6. The van der Waals surface area contributed by atoms with Crippen molar-refractivity contribution in [1.29, 1.82) is 0 Å². The van der Waals surface area contributed by atoms with Gasteiger partial charge in [0.2, 0.25) is 0 Å². The molecule has 0 atom stereocenters. The van der Waals surface area contributed by atoms with E-state index in [9.17, 15) is 4.79 Å². The minimum Gasteiger partial charge on any atom is -0.464 e. The molecule has 0 spiro atoms. The highest BCUT2D eigenvalue weighted by Gasteiger charge is 2.36. The van der Waals surface area contributed by atoms with Crippen molar-refractivity contribution >= 4 is 17.7 Å². The Hall–Kier alpha value is -2.72. The molecule has 0 amide bonds. The van der Waals surface area contributed by atoms with Gasteiger partial charge in [0.15, 0.2) is 0 Å². The van der Waals surface area contributed by atoms with E-state index in [1.807, 2.05) is 0 Å². The number of hydrogen-bond acceptors (Lipinski definition) is 8. The summed E-state index contributed by atoms with van der Waals surface area (Å²) in [6.45, 7) is 6.90. The zero-order chi connectivity index (χ0) is 35.2. The maximum absolute atomic E-state index is 11.1. The van der Waals surface area contributed by atoms with Crippen LogP contribution in [0.5, 0.6) is 0 Å². The predicted molar refractivity (Wildman–Crippen MR) is 204 cm³/mol. The van der Waals surface area contributed by atoms with E-state index in [4.69, 9.17) is 28.4 Å². The van der Waals surface area contributed by atoms with E-state index < -0.39 is 0 Å². The number of thioether (sulfide) groups is 1. The molecule has 0 fully saturated rings. The number of rotatable bonds is 31. The molecule has 0 saturated carbocycles. The fourth-order valence-electron chi connectivity index (χ4n) is 5.78. The first kappa shape index (κ1) is 41.7. The zero-order valence-corrected chi connectivity index (χ0v) is 31.1.